The van der Waals surface area contributed by atoms with Gasteiger partial charge in [0.15, 0.2) is 0 Å². The molecule has 0 bridgehead atoms. The third-order valence-electron chi connectivity index (χ3n) is 3.49. The summed E-state index contributed by atoms with van der Waals surface area (Å²) < 4.78 is 5.25. The maximum absolute atomic E-state index is 12.6. The Balaban J connectivity index is 2.23. The minimum absolute atomic E-state index is 0.0256. The van der Waals surface area contributed by atoms with Gasteiger partial charge < -0.3 is 10.1 Å². The van der Waals surface area contributed by atoms with Crippen LogP contribution in [0.25, 0.3) is 0 Å². The first-order valence-corrected chi connectivity index (χ1v) is 7.72. The lowest BCUT2D eigenvalue weighted by Crippen LogP contribution is -2.28. The highest BCUT2D eigenvalue weighted by atomic mass is 35.5. The van der Waals surface area contributed by atoms with Gasteiger partial charge in [0, 0.05) is 5.02 Å². The van der Waals surface area contributed by atoms with Gasteiger partial charge in [0.05, 0.1) is 18.7 Å². The molecular formula is C18H20ClNO2. The maximum Gasteiger partial charge on any atom is 0.255 e. The average molecular weight is 318 g/mol. The minimum Gasteiger partial charge on any atom is -0.496 e. The molecule has 0 aromatic heterocycles. The molecule has 0 fully saturated rings. The molecule has 0 spiro atoms. The smallest absolute Gasteiger partial charge is 0.255 e. The predicted octanol–water partition coefficient (Wildman–Crippen LogP) is 4.62. The summed E-state index contributed by atoms with van der Waals surface area (Å²) in [5.41, 5.74) is 1.55. The molecule has 3 nitrogen and oxygen atoms in total. The topological polar surface area (TPSA) is 38.3 Å². The fraction of sp³-hybridized carbons (Fsp3) is 0.278. The Morgan fingerprint density at radius 3 is 2.59 bits per heavy atom. The Labute approximate surface area is 136 Å². The quantitative estimate of drug-likeness (QED) is 0.844. The standard InChI is InChI=1S/C18H20ClNO2/c1-3-7-16(13-8-5-4-6-9-13)20-18(21)15-12-14(19)10-11-17(15)22-2/h4-6,8-12,16H,3,7H2,1-2H3,(H,20,21). The molecule has 1 atom stereocenters. The first-order chi connectivity index (χ1) is 10.7. The maximum atomic E-state index is 12.6. The zero-order valence-corrected chi connectivity index (χ0v) is 13.6. The molecule has 0 heterocycles. The van der Waals surface area contributed by atoms with Gasteiger partial charge in [-0.15, -0.1) is 0 Å². The monoisotopic (exact) mass is 317 g/mol. The van der Waals surface area contributed by atoms with Crippen LogP contribution in [0.5, 0.6) is 5.75 Å². The van der Waals surface area contributed by atoms with Gasteiger partial charge in [0.25, 0.3) is 5.91 Å². The molecule has 2 rings (SSSR count). The first kappa shape index (κ1) is 16.4. The van der Waals surface area contributed by atoms with Crippen molar-refractivity contribution in [3.8, 4) is 5.75 Å². The predicted molar refractivity (Wildman–Crippen MR) is 89.6 cm³/mol. The van der Waals surface area contributed by atoms with E-state index in [1.54, 1.807) is 25.3 Å². The lowest BCUT2D eigenvalue weighted by atomic mass is 10.0. The SMILES string of the molecule is CCCC(NC(=O)c1cc(Cl)ccc1OC)c1ccccc1. The lowest BCUT2D eigenvalue weighted by Gasteiger charge is -2.19. The second-order valence-corrected chi connectivity index (χ2v) is 5.51. The number of benzene rings is 2. The summed E-state index contributed by atoms with van der Waals surface area (Å²) >= 11 is 6.00. The van der Waals surface area contributed by atoms with Crippen molar-refractivity contribution in [3.63, 3.8) is 0 Å². The van der Waals surface area contributed by atoms with Crippen LogP contribution in [0.2, 0.25) is 5.02 Å². The molecule has 1 amide bonds. The van der Waals surface area contributed by atoms with Crippen LogP contribution >= 0.6 is 11.6 Å². The fourth-order valence-corrected chi connectivity index (χ4v) is 2.56. The number of ether oxygens (including phenoxy) is 1. The summed E-state index contributed by atoms with van der Waals surface area (Å²) in [7, 11) is 1.54. The van der Waals surface area contributed by atoms with Crippen LogP contribution in [0.15, 0.2) is 48.5 Å². The molecule has 0 saturated heterocycles. The third-order valence-corrected chi connectivity index (χ3v) is 3.73. The number of amides is 1. The zero-order chi connectivity index (χ0) is 15.9. The van der Waals surface area contributed by atoms with E-state index >= 15 is 0 Å². The van der Waals surface area contributed by atoms with E-state index in [2.05, 4.69) is 12.2 Å². The summed E-state index contributed by atoms with van der Waals surface area (Å²) in [6.07, 6.45) is 1.85. The summed E-state index contributed by atoms with van der Waals surface area (Å²) in [5.74, 6) is 0.340. The van der Waals surface area contributed by atoms with E-state index in [4.69, 9.17) is 16.3 Å². The number of rotatable bonds is 6. The van der Waals surface area contributed by atoms with E-state index in [0.717, 1.165) is 18.4 Å². The molecule has 2 aromatic carbocycles. The van der Waals surface area contributed by atoms with Crippen molar-refractivity contribution in [2.45, 2.75) is 25.8 Å². The van der Waals surface area contributed by atoms with Gasteiger partial charge in [-0.2, -0.15) is 0 Å². The van der Waals surface area contributed by atoms with Crippen molar-refractivity contribution in [2.75, 3.05) is 7.11 Å². The highest BCUT2D eigenvalue weighted by Crippen LogP contribution is 2.25. The van der Waals surface area contributed by atoms with Crippen molar-refractivity contribution in [1.82, 2.24) is 5.32 Å². The van der Waals surface area contributed by atoms with Gasteiger partial charge in [-0.25, -0.2) is 0 Å². The van der Waals surface area contributed by atoms with Crippen molar-refractivity contribution in [1.29, 1.82) is 0 Å². The minimum atomic E-state index is -0.179. The van der Waals surface area contributed by atoms with Gasteiger partial charge in [-0.1, -0.05) is 55.3 Å². The molecular weight excluding hydrogens is 298 g/mol. The number of methoxy groups -OCH3 is 1. The Hall–Kier alpha value is -2.00. The van der Waals surface area contributed by atoms with Crippen LogP contribution in [-0.2, 0) is 0 Å². The molecule has 0 aliphatic heterocycles. The normalized spacial score (nSPS) is 11.8. The highest BCUT2D eigenvalue weighted by Gasteiger charge is 2.18. The van der Waals surface area contributed by atoms with E-state index in [1.807, 2.05) is 30.3 Å². The number of halogens is 1. The van der Waals surface area contributed by atoms with Crippen LogP contribution in [0, 0.1) is 0 Å². The lowest BCUT2D eigenvalue weighted by molar-refractivity contribution is 0.0931. The van der Waals surface area contributed by atoms with Crippen LogP contribution in [0.1, 0.15) is 41.7 Å². The molecule has 2 aromatic rings. The van der Waals surface area contributed by atoms with E-state index in [9.17, 15) is 4.79 Å². The van der Waals surface area contributed by atoms with Crippen LogP contribution in [-0.4, -0.2) is 13.0 Å². The second kappa shape index (κ2) is 7.85. The Morgan fingerprint density at radius 1 is 1.23 bits per heavy atom. The molecule has 0 aliphatic rings. The summed E-state index contributed by atoms with van der Waals surface area (Å²) in [6.45, 7) is 2.10. The van der Waals surface area contributed by atoms with Gasteiger partial charge in [-0.3, -0.25) is 4.79 Å². The second-order valence-electron chi connectivity index (χ2n) is 5.07. The van der Waals surface area contributed by atoms with Crippen molar-refractivity contribution in [3.05, 3.63) is 64.7 Å². The molecule has 1 N–H and O–H groups in total. The fourth-order valence-electron chi connectivity index (χ4n) is 2.39. The number of carbonyl (C=O) groups is 1. The summed E-state index contributed by atoms with van der Waals surface area (Å²) in [6, 6.07) is 15.0. The molecule has 4 heteroatoms. The van der Waals surface area contributed by atoms with Gasteiger partial charge in [-0.05, 0) is 30.2 Å². The van der Waals surface area contributed by atoms with Crippen molar-refractivity contribution in [2.24, 2.45) is 0 Å². The van der Waals surface area contributed by atoms with Crippen LogP contribution in [0.4, 0.5) is 0 Å². The van der Waals surface area contributed by atoms with E-state index < -0.39 is 0 Å². The Bertz CT molecular complexity index is 628. The molecule has 116 valence electrons. The van der Waals surface area contributed by atoms with Gasteiger partial charge in [0.1, 0.15) is 5.75 Å². The first-order valence-electron chi connectivity index (χ1n) is 7.35. The van der Waals surface area contributed by atoms with E-state index in [-0.39, 0.29) is 11.9 Å². The van der Waals surface area contributed by atoms with Gasteiger partial charge >= 0.3 is 0 Å². The highest BCUT2D eigenvalue weighted by molar-refractivity contribution is 6.31. The molecule has 0 radical (unpaired) electrons. The third kappa shape index (κ3) is 4.01. The summed E-state index contributed by atoms with van der Waals surface area (Å²) in [5, 5.41) is 3.59. The number of carbonyl (C=O) groups excluding carboxylic acids is 1. The Morgan fingerprint density at radius 2 is 1.95 bits per heavy atom. The van der Waals surface area contributed by atoms with Crippen molar-refractivity contribution < 1.29 is 9.53 Å². The van der Waals surface area contributed by atoms with Crippen LogP contribution < -0.4 is 10.1 Å². The number of nitrogens with one attached hydrogen (secondary N) is 1. The van der Waals surface area contributed by atoms with Gasteiger partial charge in [0.2, 0.25) is 0 Å². The zero-order valence-electron chi connectivity index (χ0n) is 12.8. The van der Waals surface area contributed by atoms with Crippen molar-refractivity contribution >= 4 is 17.5 Å². The summed E-state index contributed by atoms with van der Waals surface area (Å²) in [4.78, 5) is 12.6. The Kier molecular flexibility index (Phi) is 5.84. The molecule has 0 saturated carbocycles. The van der Waals surface area contributed by atoms with Crippen LogP contribution in [0.3, 0.4) is 0 Å². The largest absolute Gasteiger partial charge is 0.496 e. The molecule has 22 heavy (non-hydrogen) atoms. The van der Waals surface area contributed by atoms with E-state index in [1.165, 1.54) is 0 Å². The number of hydrogen-bond donors (Lipinski definition) is 1. The van der Waals surface area contributed by atoms with E-state index in [0.29, 0.717) is 16.3 Å². The number of hydrogen-bond acceptors (Lipinski definition) is 2. The average Bonchev–Trinajstić information content (AvgIpc) is 2.55. The molecule has 1 unspecified atom stereocenters. The molecule has 0 aliphatic carbocycles.